The van der Waals surface area contributed by atoms with Crippen LogP contribution in [0.4, 0.5) is 0 Å². The Morgan fingerprint density at radius 2 is 2.08 bits per heavy atom. The van der Waals surface area contributed by atoms with Crippen LogP contribution in [0.3, 0.4) is 0 Å². The zero-order valence-corrected chi connectivity index (χ0v) is 14.7. The highest BCUT2D eigenvalue weighted by molar-refractivity contribution is 5.72. The van der Waals surface area contributed by atoms with Gasteiger partial charge in [0.05, 0.1) is 0 Å². The number of amides is 1. The number of aromatic nitrogens is 3. The van der Waals surface area contributed by atoms with Crippen LogP contribution in [0, 0.1) is 0 Å². The highest BCUT2D eigenvalue weighted by Gasteiger charge is 2.22. The second-order valence-corrected chi connectivity index (χ2v) is 6.52. The van der Waals surface area contributed by atoms with Crippen molar-refractivity contribution in [2.24, 2.45) is 0 Å². The Hall–Kier alpha value is -2.34. The molecule has 3 heterocycles. The van der Waals surface area contributed by atoms with Crippen molar-refractivity contribution in [1.29, 1.82) is 0 Å². The van der Waals surface area contributed by atoms with Gasteiger partial charge in [-0.2, -0.15) is 0 Å². The summed E-state index contributed by atoms with van der Waals surface area (Å²) in [6.45, 7) is 4.25. The van der Waals surface area contributed by atoms with Crippen LogP contribution >= 0.6 is 0 Å². The average Bonchev–Trinajstić information content (AvgIpc) is 2.64. The van der Waals surface area contributed by atoms with Gasteiger partial charge in [-0.25, -0.2) is 9.97 Å². The van der Waals surface area contributed by atoms with Gasteiger partial charge in [0.2, 0.25) is 5.91 Å². The van der Waals surface area contributed by atoms with E-state index in [2.05, 4.69) is 25.2 Å². The molecule has 1 aliphatic heterocycles. The molecule has 1 atom stereocenters. The summed E-state index contributed by atoms with van der Waals surface area (Å²) in [6, 6.07) is 6.25. The summed E-state index contributed by atoms with van der Waals surface area (Å²) in [5.74, 6) is 0.700. The molecule has 0 radical (unpaired) electrons. The van der Waals surface area contributed by atoms with Crippen LogP contribution in [0.15, 0.2) is 36.8 Å². The highest BCUT2D eigenvalue weighted by Crippen LogP contribution is 2.21. The van der Waals surface area contributed by atoms with Crippen molar-refractivity contribution in [1.82, 2.24) is 25.2 Å². The van der Waals surface area contributed by atoms with E-state index in [9.17, 15) is 4.79 Å². The van der Waals surface area contributed by atoms with E-state index in [0.29, 0.717) is 11.9 Å². The van der Waals surface area contributed by atoms with Gasteiger partial charge in [0.1, 0.15) is 5.69 Å². The Kier molecular flexibility index (Phi) is 6.06. The number of pyridine rings is 1. The van der Waals surface area contributed by atoms with Gasteiger partial charge in [0.25, 0.3) is 0 Å². The number of carbonyl (C=O) groups excluding carboxylic acids is 1. The molecular weight excluding hydrogens is 314 g/mol. The van der Waals surface area contributed by atoms with Crippen LogP contribution < -0.4 is 5.32 Å². The topological polar surface area (TPSA) is 71.0 Å². The lowest BCUT2D eigenvalue weighted by Gasteiger charge is -2.35. The Morgan fingerprint density at radius 3 is 2.80 bits per heavy atom. The smallest absolute Gasteiger partial charge is 0.216 e. The minimum atomic E-state index is 0.0425. The normalized spacial score (nSPS) is 18.0. The van der Waals surface area contributed by atoms with Crippen molar-refractivity contribution in [3.63, 3.8) is 0 Å². The molecule has 0 saturated carbocycles. The Morgan fingerprint density at radius 1 is 1.24 bits per heavy atom. The van der Waals surface area contributed by atoms with Crippen molar-refractivity contribution in [3.8, 4) is 11.5 Å². The molecule has 1 saturated heterocycles. The minimum absolute atomic E-state index is 0.0425. The van der Waals surface area contributed by atoms with Crippen molar-refractivity contribution in [3.05, 3.63) is 42.4 Å². The van der Waals surface area contributed by atoms with Crippen LogP contribution in [0.5, 0.6) is 0 Å². The van der Waals surface area contributed by atoms with Crippen LogP contribution in [-0.2, 0) is 11.3 Å². The molecule has 0 bridgehead atoms. The number of likely N-dealkylation sites (tertiary alicyclic amines) is 1. The third-order valence-corrected chi connectivity index (χ3v) is 4.59. The molecule has 2 aromatic heterocycles. The van der Waals surface area contributed by atoms with E-state index in [1.54, 1.807) is 13.1 Å². The third kappa shape index (κ3) is 5.06. The first-order chi connectivity index (χ1) is 12.2. The standard InChI is InChI=1S/C19H25N5O/c1-15(25)20-10-8-17-6-3-5-11-24(17)14-16-12-22-19(23-13-16)18-7-2-4-9-21-18/h2,4,7,9,12-13,17H,3,5-6,8,10-11,14H2,1H3,(H,20,25)/t17-/m1/s1. The second-order valence-electron chi connectivity index (χ2n) is 6.52. The fourth-order valence-electron chi connectivity index (χ4n) is 3.31. The molecule has 0 aromatic carbocycles. The average molecular weight is 339 g/mol. The number of carbonyl (C=O) groups is 1. The number of hydrogen-bond acceptors (Lipinski definition) is 5. The van der Waals surface area contributed by atoms with Crippen molar-refractivity contribution in [2.45, 2.75) is 45.2 Å². The number of rotatable bonds is 6. The zero-order valence-electron chi connectivity index (χ0n) is 14.7. The van der Waals surface area contributed by atoms with E-state index in [-0.39, 0.29) is 5.91 Å². The largest absolute Gasteiger partial charge is 0.356 e. The molecule has 1 aliphatic rings. The molecular formula is C19H25N5O. The lowest BCUT2D eigenvalue weighted by molar-refractivity contribution is -0.119. The van der Waals surface area contributed by atoms with Crippen LogP contribution in [0.1, 0.15) is 38.2 Å². The molecule has 1 amide bonds. The maximum Gasteiger partial charge on any atom is 0.216 e. The molecule has 0 aliphatic carbocycles. The first-order valence-electron chi connectivity index (χ1n) is 8.93. The quantitative estimate of drug-likeness (QED) is 0.875. The maximum absolute atomic E-state index is 11.1. The summed E-state index contributed by atoms with van der Waals surface area (Å²) in [4.78, 5) is 26.8. The van der Waals surface area contributed by atoms with E-state index in [1.807, 2.05) is 30.6 Å². The SMILES string of the molecule is CC(=O)NCC[C@H]1CCCCN1Cc1cnc(-c2ccccn2)nc1. The van der Waals surface area contributed by atoms with E-state index >= 15 is 0 Å². The van der Waals surface area contributed by atoms with Gasteiger partial charge >= 0.3 is 0 Å². The summed E-state index contributed by atoms with van der Waals surface area (Å²) < 4.78 is 0. The molecule has 3 rings (SSSR count). The molecule has 0 spiro atoms. The second kappa shape index (κ2) is 8.67. The lowest BCUT2D eigenvalue weighted by Crippen LogP contribution is -2.41. The number of piperidine rings is 1. The van der Waals surface area contributed by atoms with Gasteiger partial charge in [0.15, 0.2) is 5.82 Å². The zero-order chi connectivity index (χ0) is 17.5. The Bertz CT molecular complexity index is 674. The summed E-state index contributed by atoms with van der Waals surface area (Å²) in [5, 5.41) is 2.91. The highest BCUT2D eigenvalue weighted by atomic mass is 16.1. The fraction of sp³-hybridized carbons (Fsp3) is 0.474. The summed E-state index contributed by atoms with van der Waals surface area (Å²) in [7, 11) is 0. The molecule has 2 aromatic rings. The minimum Gasteiger partial charge on any atom is -0.356 e. The summed E-state index contributed by atoms with van der Waals surface area (Å²) >= 11 is 0. The molecule has 132 valence electrons. The van der Waals surface area contributed by atoms with Gasteiger partial charge in [-0.1, -0.05) is 12.5 Å². The van der Waals surface area contributed by atoms with E-state index < -0.39 is 0 Å². The van der Waals surface area contributed by atoms with Crippen molar-refractivity contribution >= 4 is 5.91 Å². The van der Waals surface area contributed by atoms with E-state index in [1.165, 1.54) is 19.3 Å². The Labute approximate surface area is 148 Å². The van der Waals surface area contributed by atoms with Gasteiger partial charge in [-0.3, -0.25) is 14.7 Å². The molecule has 1 fully saturated rings. The number of nitrogens with one attached hydrogen (secondary N) is 1. The van der Waals surface area contributed by atoms with E-state index in [4.69, 9.17) is 0 Å². The maximum atomic E-state index is 11.1. The van der Waals surface area contributed by atoms with Gasteiger partial charge in [-0.15, -0.1) is 0 Å². The fourth-order valence-corrected chi connectivity index (χ4v) is 3.31. The monoisotopic (exact) mass is 339 g/mol. The predicted octanol–water partition coefficient (Wildman–Crippen LogP) is 2.42. The summed E-state index contributed by atoms with van der Waals surface area (Å²) in [5.41, 5.74) is 1.91. The van der Waals surface area contributed by atoms with Crippen molar-refractivity contribution < 1.29 is 4.79 Å². The first-order valence-corrected chi connectivity index (χ1v) is 8.93. The third-order valence-electron chi connectivity index (χ3n) is 4.59. The lowest BCUT2D eigenvalue weighted by atomic mass is 9.99. The van der Waals surface area contributed by atoms with Crippen LogP contribution in [-0.4, -0.2) is 44.9 Å². The number of hydrogen-bond donors (Lipinski definition) is 1. The van der Waals surface area contributed by atoms with Gasteiger partial charge in [0, 0.05) is 50.2 Å². The molecule has 6 heteroatoms. The molecule has 0 unspecified atom stereocenters. The summed E-state index contributed by atoms with van der Waals surface area (Å²) in [6.07, 6.45) is 10.2. The van der Waals surface area contributed by atoms with E-state index in [0.717, 1.165) is 37.3 Å². The molecule has 25 heavy (non-hydrogen) atoms. The van der Waals surface area contributed by atoms with Crippen LogP contribution in [0.2, 0.25) is 0 Å². The molecule has 6 nitrogen and oxygen atoms in total. The molecule has 1 N–H and O–H groups in total. The van der Waals surface area contributed by atoms with Crippen molar-refractivity contribution in [2.75, 3.05) is 13.1 Å². The van der Waals surface area contributed by atoms with Gasteiger partial charge < -0.3 is 5.32 Å². The van der Waals surface area contributed by atoms with Crippen LogP contribution in [0.25, 0.3) is 11.5 Å². The Balaban J connectivity index is 1.60. The number of nitrogens with zero attached hydrogens (tertiary/aromatic N) is 4. The predicted molar refractivity (Wildman–Crippen MR) is 96.6 cm³/mol. The van der Waals surface area contributed by atoms with Gasteiger partial charge in [-0.05, 0) is 37.9 Å². The first kappa shape index (κ1) is 17.5.